The van der Waals surface area contributed by atoms with E-state index in [1.165, 1.54) is 5.57 Å². The van der Waals surface area contributed by atoms with Crippen LogP contribution in [0, 0.1) is 5.41 Å². The molecule has 0 saturated heterocycles. The van der Waals surface area contributed by atoms with Crippen LogP contribution in [0.15, 0.2) is 28.9 Å². The Bertz CT molecular complexity index is 214. The maximum absolute atomic E-state index is 4.17. The summed E-state index contributed by atoms with van der Waals surface area (Å²) in [5.41, 5.74) is 2.26. The first-order chi connectivity index (χ1) is 5.38. The van der Waals surface area contributed by atoms with Crippen molar-refractivity contribution >= 4 is 6.21 Å². The molecule has 0 fully saturated rings. The molecule has 0 rings (SSSR count). The molecule has 0 aliphatic rings. The molecule has 0 aromatic rings. The van der Waals surface area contributed by atoms with E-state index in [1.807, 2.05) is 20.1 Å². The van der Waals surface area contributed by atoms with Gasteiger partial charge in [0.05, 0.1) is 0 Å². The van der Waals surface area contributed by atoms with E-state index in [2.05, 4.69) is 38.4 Å². The lowest BCUT2D eigenvalue weighted by Crippen LogP contribution is -2.10. The van der Waals surface area contributed by atoms with Gasteiger partial charge in [-0.1, -0.05) is 33.4 Å². The molecule has 0 radical (unpaired) electrons. The first-order valence-corrected chi connectivity index (χ1v) is 4.24. The van der Waals surface area contributed by atoms with Crippen molar-refractivity contribution < 1.29 is 0 Å². The second-order valence-corrected chi connectivity index (χ2v) is 3.99. The van der Waals surface area contributed by atoms with Crippen LogP contribution in [-0.2, 0) is 0 Å². The largest absolute Gasteiger partial charge is 0.262 e. The standard InChI is InChI=1S/C11H19N/c1-7-10(11(4,5)6)8-12-9(2)3/h7-8H,2H2,1,3-6H3/b10-7+,12-8?. The summed E-state index contributed by atoms with van der Waals surface area (Å²) in [7, 11) is 0. The van der Waals surface area contributed by atoms with Gasteiger partial charge in [-0.3, -0.25) is 4.99 Å². The Labute approximate surface area is 75.9 Å². The van der Waals surface area contributed by atoms with Gasteiger partial charge in [-0.25, -0.2) is 0 Å². The third-order valence-corrected chi connectivity index (χ3v) is 1.60. The fraction of sp³-hybridized carbons (Fsp3) is 0.545. The van der Waals surface area contributed by atoms with Crippen LogP contribution in [0.2, 0.25) is 0 Å². The highest BCUT2D eigenvalue weighted by atomic mass is 14.7. The lowest BCUT2D eigenvalue weighted by atomic mass is 9.87. The maximum atomic E-state index is 4.17. The highest BCUT2D eigenvalue weighted by molar-refractivity contribution is 5.80. The third kappa shape index (κ3) is 4.12. The smallest absolute Gasteiger partial charge is 0.0304 e. The Morgan fingerprint density at radius 1 is 1.33 bits per heavy atom. The SMILES string of the molecule is C=C(C)N=C/C(=C\C)C(C)(C)C. The summed E-state index contributed by atoms with van der Waals surface area (Å²) in [6.07, 6.45) is 3.98. The quantitative estimate of drug-likeness (QED) is 0.554. The third-order valence-electron chi connectivity index (χ3n) is 1.60. The monoisotopic (exact) mass is 165 g/mol. The minimum absolute atomic E-state index is 0.174. The van der Waals surface area contributed by atoms with Crippen molar-refractivity contribution in [2.75, 3.05) is 0 Å². The van der Waals surface area contributed by atoms with E-state index in [1.54, 1.807) is 0 Å². The van der Waals surface area contributed by atoms with Crippen molar-refractivity contribution in [2.45, 2.75) is 34.6 Å². The molecule has 1 nitrogen and oxygen atoms in total. The molecule has 0 aliphatic heterocycles. The molecular formula is C11H19N. The van der Waals surface area contributed by atoms with Crippen LogP contribution < -0.4 is 0 Å². The van der Waals surface area contributed by atoms with E-state index in [0.717, 1.165) is 5.70 Å². The summed E-state index contributed by atoms with van der Waals surface area (Å²) in [5, 5.41) is 0. The molecule has 0 atom stereocenters. The van der Waals surface area contributed by atoms with E-state index in [0.29, 0.717) is 0 Å². The molecule has 0 heterocycles. The van der Waals surface area contributed by atoms with Gasteiger partial charge >= 0.3 is 0 Å². The number of aliphatic imine (C=N–C) groups is 1. The zero-order valence-corrected chi connectivity index (χ0v) is 8.81. The summed E-state index contributed by atoms with van der Waals surface area (Å²) < 4.78 is 0. The Morgan fingerprint density at radius 3 is 2.08 bits per heavy atom. The molecule has 0 spiro atoms. The fourth-order valence-corrected chi connectivity index (χ4v) is 0.881. The van der Waals surface area contributed by atoms with Gasteiger partial charge in [0.25, 0.3) is 0 Å². The second-order valence-electron chi connectivity index (χ2n) is 3.99. The predicted molar refractivity (Wildman–Crippen MR) is 56.5 cm³/mol. The van der Waals surface area contributed by atoms with Gasteiger partial charge in [-0.15, -0.1) is 0 Å². The predicted octanol–water partition coefficient (Wildman–Crippen LogP) is 3.58. The molecule has 0 amide bonds. The van der Waals surface area contributed by atoms with Gasteiger partial charge in [-0.05, 0) is 24.8 Å². The summed E-state index contributed by atoms with van der Waals surface area (Å²) in [6.45, 7) is 14.2. The lowest BCUT2D eigenvalue weighted by molar-refractivity contribution is 0.526. The van der Waals surface area contributed by atoms with Gasteiger partial charge in [0.15, 0.2) is 0 Å². The Kier molecular flexibility index (Phi) is 3.94. The van der Waals surface area contributed by atoms with E-state index in [4.69, 9.17) is 0 Å². The molecule has 0 bridgehead atoms. The molecule has 0 aromatic carbocycles. The van der Waals surface area contributed by atoms with Crippen molar-refractivity contribution in [1.29, 1.82) is 0 Å². The zero-order valence-electron chi connectivity index (χ0n) is 8.81. The van der Waals surface area contributed by atoms with Crippen LogP contribution >= 0.6 is 0 Å². The van der Waals surface area contributed by atoms with Gasteiger partial charge in [0, 0.05) is 11.9 Å². The van der Waals surface area contributed by atoms with Crippen LogP contribution in [0.1, 0.15) is 34.6 Å². The first kappa shape index (κ1) is 11.2. The number of rotatable bonds is 2. The second kappa shape index (κ2) is 4.24. The minimum atomic E-state index is 0.174. The Morgan fingerprint density at radius 2 is 1.83 bits per heavy atom. The average Bonchev–Trinajstić information content (AvgIpc) is 1.85. The molecule has 0 unspecified atom stereocenters. The van der Waals surface area contributed by atoms with E-state index < -0.39 is 0 Å². The van der Waals surface area contributed by atoms with Crippen molar-refractivity contribution in [3.63, 3.8) is 0 Å². The van der Waals surface area contributed by atoms with Crippen LogP contribution in [0.3, 0.4) is 0 Å². The average molecular weight is 165 g/mol. The van der Waals surface area contributed by atoms with E-state index >= 15 is 0 Å². The topological polar surface area (TPSA) is 12.4 Å². The number of nitrogens with zero attached hydrogens (tertiary/aromatic N) is 1. The van der Waals surface area contributed by atoms with E-state index in [9.17, 15) is 0 Å². The molecule has 12 heavy (non-hydrogen) atoms. The molecule has 68 valence electrons. The number of allylic oxidation sites excluding steroid dienone is 3. The first-order valence-electron chi connectivity index (χ1n) is 4.24. The van der Waals surface area contributed by atoms with Crippen LogP contribution in [0.25, 0.3) is 0 Å². The molecule has 1 heteroatoms. The van der Waals surface area contributed by atoms with Gasteiger partial charge in [0.1, 0.15) is 0 Å². The zero-order chi connectivity index (χ0) is 9.78. The molecule has 0 aliphatic carbocycles. The number of hydrogen-bond donors (Lipinski definition) is 0. The van der Waals surface area contributed by atoms with Gasteiger partial charge in [0.2, 0.25) is 0 Å². The molecule has 0 aromatic heterocycles. The lowest BCUT2D eigenvalue weighted by Gasteiger charge is -2.19. The minimum Gasteiger partial charge on any atom is -0.262 e. The summed E-state index contributed by atoms with van der Waals surface area (Å²) in [4.78, 5) is 4.17. The molecule has 0 saturated carbocycles. The van der Waals surface area contributed by atoms with Crippen LogP contribution in [-0.4, -0.2) is 6.21 Å². The summed E-state index contributed by atoms with van der Waals surface area (Å²) >= 11 is 0. The van der Waals surface area contributed by atoms with Gasteiger partial charge < -0.3 is 0 Å². The van der Waals surface area contributed by atoms with E-state index in [-0.39, 0.29) is 5.41 Å². The van der Waals surface area contributed by atoms with Crippen molar-refractivity contribution in [2.24, 2.45) is 10.4 Å². The maximum Gasteiger partial charge on any atom is 0.0304 e. The van der Waals surface area contributed by atoms with Crippen LogP contribution in [0.5, 0.6) is 0 Å². The summed E-state index contributed by atoms with van der Waals surface area (Å²) in [6, 6.07) is 0. The van der Waals surface area contributed by atoms with Crippen molar-refractivity contribution in [1.82, 2.24) is 0 Å². The Balaban J connectivity index is 4.53. The van der Waals surface area contributed by atoms with Gasteiger partial charge in [-0.2, -0.15) is 0 Å². The normalized spacial score (nSPS) is 13.9. The Hall–Kier alpha value is -0.850. The fourth-order valence-electron chi connectivity index (χ4n) is 0.881. The number of hydrogen-bond acceptors (Lipinski definition) is 1. The van der Waals surface area contributed by atoms with Crippen LogP contribution in [0.4, 0.5) is 0 Å². The van der Waals surface area contributed by atoms with Crippen molar-refractivity contribution in [3.05, 3.63) is 23.9 Å². The van der Waals surface area contributed by atoms with Crippen molar-refractivity contribution in [3.8, 4) is 0 Å². The summed E-state index contributed by atoms with van der Waals surface area (Å²) in [5.74, 6) is 0. The molecular weight excluding hydrogens is 146 g/mol. The highest BCUT2D eigenvalue weighted by Gasteiger charge is 2.13. The molecule has 0 N–H and O–H groups in total. The highest BCUT2D eigenvalue weighted by Crippen LogP contribution is 2.23.